The van der Waals surface area contributed by atoms with Crippen molar-refractivity contribution in [1.82, 2.24) is 4.31 Å². The van der Waals surface area contributed by atoms with Crippen molar-refractivity contribution in [2.45, 2.75) is 30.7 Å². The number of non-ortho nitro benzene ring substituents is 1. The summed E-state index contributed by atoms with van der Waals surface area (Å²) in [6.07, 6.45) is 1.66. The Morgan fingerprint density at radius 3 is 2.72 bits per heavy atom. The van der Waals surface area contributed by atoms with Crippen LogP contribution in [0.4, 0.5) is 5.69 Å². The smallest absolute Gasteiger partial charge is 0.258 e. The monoisotopic (exact) mass is 270 g/mol. The van der Waals surface area contributed by atoms with Crippen LogP contribution in [0.3, 0.4) is 0 Å². The van der Waals surface area contributed by atoms with Crippen LogP contribution in [-0.4, -0.2) is 30.2 Å². The molecule has 1 heterocycles. The highest BCUT2D eigenvalue weighted by molar-refractivity contribution is 7.89. The molecule has 0 amide bonds. The van der Waals surface area contributed by atoms with Crippen molar-refractivity contribution < 1.29 is 13.3 Å². The molecule has 1 atom stereocenters. The fourth-order valence-electron chi connectivity index (χ4n) is 2.16. The number of sulfonamides is 1. The normalized spacial score (nSPS) is 21.1. The molecule has 1 aromatic rings. The van der Waals surface area contributed by atoms with Gasteiger partial charge in [0.05, 0.1) is 9.82 Å². The van der Waals surface area contributed by atoms with Crippen LogP contribution in [0, 0.1) is 10.1 Å². The predicted molar refractivity (Wildman–Crippen MR) is 65.7 cm³/mol. The molecule has 1 aliphatic rings. The number of nitro benzene ring substituents is 1. The van der Waals surface area contributed by atoms with E-state index in [1.807, 2.05) is 6.92 Å². The van der Waals surface area contributed by atoms with Gasteiger partial charge in [-0.3, -0.25) is 10.1 Å². The highest BCUT2D eigenvalue weighted by Gasteiger charge is 2.33. The third-order valence-electron chi connectivity index (χ3n) is 3.13. The Bertz CT molecular complexity index is 570. The summed E-state index contributed by atoms with van der Waals surface area (Å²) in [7, 11) is -3.62. The SMILES string of the molecule is C[C@H]1CCCN1S(=O)(=O)c1cccc([N+](=O)[O-])c1. The second-order valence-corrected chi connectivity index (χ2v) is 6.25. The topological polar surface area (TPSA) is 80.5 Å². The molecule has 1 aliphatic heterocycles. The third kappa shape index (κ3) is 2.23. The summed E-state index contributed by atoms with van der Waals surface area (Å²) in [5.41, 5.74) is -0.206. The number of rotatable bonds is 3. The fraction of sp³-hybridized carbons (Fsp3) is 0.455. The Kier molecular flexibility index (Phi) is 3.36. The Morgan fingerprint density at radius 2 is 2.17 bits per heavy atom. The molecule has 1 fully saturated rings. The van der Waals surface area contributed by atoms with Gasteiger partial charge >= 0.3 is 0 Å². The number of hydrogen-bond acceptors (Lipinski definition) is 4. The van der Waals surface area contributed by atoms with Crippen LogP contribution < -0.4 is 0 Å². The summed E-state index contributed by atoms with van der Waals surface area (Å²) in [6.45, 7) is 2.33. The van der Waals surface area contributed by atoms with Gasteiger partial charge in [0.1, 0.15) is 0 Å². The Hall–Kier alpha value is -1.47. The summed E-state index contributed by atoms with van der Waals surface area (Å²) >= 11 is 0. The molecule has 0 aromatic heterocycles. The predicted octanol–water partition coefficient (Wildman–Crippen LogP) is 1.77. The minimum absolute atomic E-state index is 0.00884. The third-order valence-corrected chi connectivity index (χ3v) is 5.14. The van der Waals surface area contributed by atoms with Crippen LogP contribution in [0.1, 0.15) is 19.8 Å². The summed E-state index contributed by atoms with van der Waals surface area (Å²) in [5, 5.41) is 10.7. The molecule has 98 valence electrons. The van der Waals surface area contributed by atoms with E-state index in [0.717, 1.165) is 18.9 Å². The minimum Gasteiger partial charge on any atom is -0.258 e. The van der Waals surface area contributed by atoms with Crippen LogP contribution in [0.5, 0.6) is 0 Å². The van der Waals surface area contributed by atoms with E-state index in [2.05, 4.69) is 0 Å². The van der Waals surface area contributed by atoms with E-state index in [1.54, 1.807) is 0 Å². The van der Waals surface area contributed by atoms with E-state index in [0.29, 0.717) is 6.54 Å². The second-order valence-electron chi connectivity index (χ2n) is 4.36. The van der Waals surface area contributed by atoms with Crippen LogP contribution in [0.2, 0.25) is 0 Å². The fourth-order valence-corrected chi connectivity index (χ4v) is 3.90. The molecule has 0 saturated carbocycles. The zero-order valence-electron chi connectivity index (χ0n) is 9.94. The molecular formula is C11H14N2O4S. The summed E-state index contributed by atoms with van der Waals surface area (Å²) in [4.78, 5) is 10.1. The molecular weight excluding hydrogens is 256 g/mol. The van der Waals surface area contributed by atoms with Crippen LogP contribution >= 0.6 is 0 Å². The summed E-state index contributed by atoms with van der Waals surface area (Å²) in [5.74, 6) is 0. The van der Waals surface area contributed by atoms with Gasteiger partial charge < -0.3 is 0 Å². The van der Waals surface area contributed by atoms with E-state index in [9.17, 15) is 18.5 Å². The van der Waals surface area contributed by atoms with Crippen molar-refractivity contribution in [2.75, 3.05) is 6.54 Å². The molecule has 0 spiro atoms. The number of benzene rings is 1. The maximum atomic E-state index is 12.3. The lowest BCUT2D eigenvalue weighted by Gasteiger charge is -2.20. The van der Waals surface area contributed by atoms with E-state index < -0.39 is 14.9 Å². The lowest BCUT2D eigenvalue weighted by molar-refractivity contribution is -0.385. The summed E-state index contributed by atoms with van der Waals surface area (Å²) in [6, 6.07) is 5.14. The maximum absolute atomic E-state index is 12.3. The largest absolute Gasteiger partial charge is 0.270 e. The van der Waals surface area contributed by atoms with Crippen molar-refractivity contribution in [3.63, 3.8) is 0 Å². The first kappa shape index (κ1) is 13.0. The van der Waals surface area contributed by atoms with Crippen molar-refractivity contribution in [3.8, 4) is 0 Å². The first-order valence-electron chi connectivity index (χ1n) is 5.69. The minimum atomic E-state index is -3.62. The van der Waals surface area contributed by atoms with Crippen molar-refractivity contribution in [3.05, 3.63) is 34.4 Å². The van der Waals surface area contributed by atoms with Crippen LogP contribution in [-0.2, 0) is 10.0 Å². The molecule has 2 rings (SSSR count). The van der Waals surface area contributed by atoms with Crippen molar-refractivity contribution in [1.29, 1.82) is 0 Å². The maximum Gasteiger partial charge on any atom is 0.270 e. The number of hydrogen-bond donors (Lipinski definition) is 0. The van der Waals surface area contributed by atoms with Gasteiger partial charge in [0.25, 0.3) is 5.69 Å². The van der Waals surface area contributed by atoms with Gasteiger partial charge in [-0.15, -0.1) is 0 Å². The number of nitrogens with zero attached hydrogens (tertiary/aromatic N) is 2. The van der Waals surface area contributed by atoms with Gasteiger partial charge in [-0.25, -0.2) is 8.42 Å². The first-order valence-corrected chi connectivity index (χ1v) is 7.13. The second kappa shape index (κ2) is 4.66. The molecule has 0 aliphatic carbocycles. The van der Waals surface area contributed by atoms with Crippen LogP contribution in [0.15, 0.2) is 29.2 Å². The highest BCUT2D eigenvalue weighted by atomic mass is 32.2. The lowest BCUT2D eigenvalue weighted by Crippen LogP contribution is -2.33. The zero-order valence-corrected chi connectivity index (χ0v) is 10.8. The lowest BCUT2D eigenvalue weighted by atomic mass is 10.3. The molecule has 6 nitrogen and oxygen atoms in total. The molecule has 0 N–H and O–H groups in total. The Labute approximate surface area is 105 Å². The van der Waals surface area contributed by atoms with E-state index >= 15 is 0 Å². The first-order chi connectivity index (χ1) is 8.43. The van der Waals surface area contributed by atoms with Gasteiger partial charge in [0.15, 0.2) is 0 Å². The van der Waals surface area contributed by atoms with Gasteiger partial charge in [-0.1, -0.05) is 6.07 Å². The van der Waals surface area contributed by atoms with Crippen molar-refractivity contribution >= 4 is 15.7 Å². The van der Waals surface area contributed by atoms with Gasteiger partial charge in [-0.05, 0) is 25.8 Å². The average Bonchev–Trinajstić information content (AvgIpc) is 2.76. The molecule has 0 unspecified atom stereocenters. The Morgan fingerprint density at radius 1 is 1.44 bits per heavy atom. The highest BCUT2D eigenvalue weighted by Crippen LogP contribution is 2.27. The average molecular weight is 270 g/mol. The molecule has 7 heteroatoms. The summed E-state index contributed by atoms with van der Waals surface area (Å²) < 4.78 is 26.1. The molecule has 0 radical (unpaired) electrons. The van der Waals surface area contributed by atoms with Crippen molar-refractivity contribution in [2.24, 2.45) is 0 Å². The number of nitro groups is 1. The van der Waals surface area contributed by atoms with Crippen LogP contribution in [0.25, 0.3) is 0 Å². The van der Waals surface area contributed by atoms with E-state index in [1.165, 1.54) is 22.5 Å². The van der Waals surface area contributed by atoms with Gasteiger partial charge in [-0.2, -0.15) is 4.31 Å². The quantitative estimate of drug-likeness (QED) is 0.619. The van der Waals surface area contributed by atoms with Gasteiger partial charge in [0.2, 0.25) is 10.0 Å². The molecule has 1 aromatic carbocycles. The van der Waals surface area contributed by atoms with E-state index in [4.69, 9.17) is 0 Å². The molecule has 1 saturated heterocycles. The molecule has 18 heavy (non-hydrogen) atoms. The standard InChI is InChI=1S/C11H14N2O4S/c1-9-4-3-7-12(9)18(16,17)11-6-2-5-10(8-11)13(14)15/h2,5-6,8-9H,3-4,7H2,1H3/t9-/m0/s1. The van der Waals surface area contributed by atoms with Gasteiger partial charge in [0, 0.05) is 24.7 Å². The zero-order chi connectivity index (χ0) is 13.3. The van der Waals surface area contributed by atoms with E-state index in [-0.39, 0.29) is 16.6 Å². The Balaban J connectivity index is 2.41. The molecule has 0 bridgehead atoms.